The van der Waals surface area contributed by atoms with Gasteiger partial charge in [0.25, 0.3) is 5.91 Å². The molecule has 2 aromatic carbocycles. The van der Waals surface area contributed by atoms with Gasteiger partial charge in [-0.2, -0.15) is 4.31 Å². The first-order valence-corrected chi connectivity index (χ1v) is 12.3. The molecule has 0 radical (unpaired) electrons. The molecule has 2 aliphatic rings. The van der Waals surface area contributed by atoms with Gasteiger partial charge in [0, 0.05) is 37.6 Å². The maximum Gasteiger partial charge on any atom is 0.259 e. The van der Waals surface area contributed by atoms with Crippen LogP contribution in [0.5, 0.6) is 5.75 Å². The third-order valence-electron chi connectivity index (χ3n) is 5.95. The lowest BCUT2D eigenvalue weighted by molar-refractivity contribution is 0.0730. The fourth-order valence-electron chi connectivity index (χ4n) is 4.11. The van der Waals surface area contributed by atoms with Gasteiger partial charge in [0.2, 0.25) is 10.0 Å². The molecule has 32 heavy (non-hydrogen) atoms. The maximum absolute atomic E-state index is 13.1. The summed E-state index contributed by atoms with van der Waals surface area (Å²) in [7, 11) is -2.27. The molecule has 0 saturated carbocycles. The smallest absolute Gasteiger partial charge is 0.259 e. The summed E-state index contributed by atoms with van der Waals surface area (Å²) >= 11 is 0. The van der Waals surface area contributed by atoms with Crippen LogP contribution < -0.4 is 15.0 Å². The number of carbonyl (C=O) groups excluding carboxylic acids is 1. The minimum atomic E-state index is -3.73. The second kappa shape index (κ2) is 9.48. The van der Waals surface area contributed by atoms with Crippen LogP contribution in [0.3, 0.4) is 0 Å². The highest BCUT2D eigenvalue weighted by Gasteiger charge is 2.28. The van der Waals surface area contributed by atoms with E-state index in [0.717, 1.165) is 24.3 Å². The van der Waals surface area contributed by atoms with Gasteiger partial charge in [0.1, 0.15) is 5.75 Å². The molecule has 2 aliphatic heterocycles. The predicted molar refractivity (Wildman–Crippen MR) is 123 cm³/mol. The van der Waals surface area contributed by atoms with E-state index in [1.54, 1.807) is 0 Å². The van der Waals surface area contributed by atoms with E-state index in [1.165, 1.54) is 42.5 Å². The average Bonchev–Trinajstić information content (AvgIpc) is 3.35. The monoisotopic (exact) mass is 459 g/mol. The number of methoxy groups -OCH3 is 1. The summed E-state index contributed by atoms with van der Waals surface area (Å²) < 4.78 is 38.0. The van der Waals surface area contributed by atoms with Crippen molar-refractivity contribution < 1.29 is 22.7 Å². The zero-order chi connectivity index (χ0) is 22.7. The number of nitrogens with zero attached hydrogens (tertiary/aromatic N) is 2. The van der Waals surface area contributed by atoms with E-state index in [1.807, 2.05) is 19.1 Å². The topological polar surface area (TPSA) is 88.2 Å². The van der Waals surface area contributed by atoms with Crippen LogP contribution >= 0.6 is 0 Å². The van der Waals surface area contributed by atoms with Gasteiger partial charge in [-0.3, -0.25) is 4.79 Å². The van der Waals surface area contributed by atoms with Gasteiger partial charge in [-0.1, -0.05) is 0 Å². The summed E-state index contributed by atoms with van der Waals surface area (Å²) in [5.74, 6) is -0.104. The maximum atomic E-state index is 13.1. The standard InChI is InChI=1S/C23H29N3O5S/c1-17-15-18(25-9-3-4-10-25)5-7-21(17)24-23(27)20-16-19(6-8-22(20)30-2)32(28,29)26-11-13-31-14-12-26/h5-8,15-16H,3-4,9-14H2,1-2H3,(H,24,27). The van der Waals surface area contributed by atoms with Gasteiger partial charge in [0.15, 0.2) is 0 Å². The molecule has 0 unspecified atom stereocenters. The summed E-state index contributed by atoms with van der Waals surface area (Å²) in [6, 6.07) is 10.3. The Hall–Kier alpha value is -2.62. The molecule has 2 saturated heterocycles. The van der Waals surface area contributed by atoms with Crippen molar-refractivity contribution in [1.29, 1.82) is 0 Å². The lowest BCUT2D eigenvalue weighted by Crippen LogP contribution is -2.40. The number of anilines is 2. The van der Waals surface area contributed by atoms with E-state index in [4.69, 9.17) is 9.47 Å². The molecular weight excluding hydrogens is 430 g/mol. The zero-order valence-electron chi connectivity index (χ0n) is 18.5. The summed E-state index contributed by atoms with van der Waals surface area (Å²) in [6.07, 6.45) is 2.39. The molecule has 9 heteroatoms. The SMILES string of the molecule is COc1ccc(S(=O)(=O)N2CCOCC2)cc1C(=O)Nc1ccc(N2CCCC2)cc1C. The average molecular weight is 460 g/mol. The van der Waals surface area contributed by atoms with Crippen molar-refractivity contribution in [3.63, 3.8) is 0 Å². The number of hydrogen-bond donors (Lipinski definition) is 1. The Morgan fingerprint density at radius 2 is 1.75 bits per heavy atom. The van der Waals surface area contributed by atoms with Crippen molar-refractivity contribution in [2.24, 2.45) is 0 Å². The summed E-state index contributed by atoms with van der Waals surface area (Å²) in [5.41, 5.74) is 2.94. The molecule has 0 aliphatic carbocycles. The van der Waals surface area contributed by atoms with Crippen molar-refractivity contribution in [3.8, 4) is 5.75 Å². The minimum Gasteiger partial charge on any atom is -0.496 e. The largest absolute Gasteiger partial charge is 0.496 e. The van der Waals surface area contributed by atoms with Crippen LogP contribution in [0.15, 0.2) is 41.3 Å². The number of morpholine rings is 1. The normalized spacial score (nSPS) is 17.4. The first kappa shape index (κ1) is 22.6. The summed E-state index contributed by atoms with van der Waals surface area (Å²) in [4.78, 5) is 15.5. The lowest BCUT2D eigenvalue weighted by atomic mass is 10.1. The number of nitrogens with one attached hydrogen (secondary N) is 1. The highest BCUT2D eigenvalue weighted by Crippen LogP contribution is 2.29. The van der Waals surface area contributed by atoms with Gasteiger partial charge in [-0.05, 0) is 61.7 Å². The van der Waals surface area contributed by atoms with Crippen molar-refractivity contribution in [2.75, 3.05) is 56.7 Å². The number of ether oxygens (including phenoxy) is 2. The van der Waals surface area contributed by atoms with Crippen LogP contribution in [0.25, 0.3) is 0 Å². The van der Waals surface area contributed by atoms with Crippen LogP contribution in [0.2, 0.25) is 0 Å². The Morgan fingerprint density at radius 1 is 1.03 bits per heavy atom. The fourth-order valence-corrected chi connectivity index (χ4v) is 5.55. The number of hydrogen-bond acceptors (Lipinski definition) is 6. The molecule has 2 heterocycles. The van der Waals surface area contributed by atoms with Crippen molar-refractivity contribution in [1.82, 2.24) is 4.31 Å². The Kier molecular flexibility index (Phi) is 6.68. The van der Waals surface area contributed by atoms with E-state index >= 15 is 0 Å². The lowest BCUT2D eigenvalue weighted by Gasteiger charge is -2.26. The second-order valence-corrected chi connectivity index (χ2v) is 9.96. The minimum absolute atomic E-state index is 0.0615. The molecule has 0 atom stereocenters. The zero-order valence-corrected chi connectivity index (χ0v) is 19.3. The molecule has 4 rings (SSSR count). The number of sulfonamides is 1. The first-order chi connectivity index (χ1) is 15.4. The van der Waals surface area contributed by atoms with Crippen LogP contribution in [-0.4, -0.2) is 65.1 Å². The first-order valence-electron chi connectivity index (χ1n) is 10.8. The third kappa shape index (κ3) is 4.60. The molecule has 172 valence electrons. The highest BCUT2D eigenvalue weighted by molar-refractivity contribution is 7.89. The predicted octanol–water partition coefficient (Wildman–Crippen LogP) is 2.88. The van der Waals surface area contributed by atoms with Crippen LogP contribution in [-0.2, 0) is 14.8 Å². The molecule has 0 bridgehead atoms. The molecule has 2 aromatic rings. The number of aryl methyl sites for hydroxylation is 1. The Bertz CT molecular complexity index is 1090. The van der Waals surface area contributed by atoms with Gasteiger partial charge < -0.3 is 19.7 Å². The van der Waals surface area contributed by atoms with E-state index in [-0.39, 0.29) is 10.5 Å². The van der Waals surface area contributed by atoms with E-state index in [9.17, 15) is 13.2 Å². The van der Waals surface area contributed by atoms with Crippen molar-refractivity contribution >= 4 is 27.3 Å². The number of carbonyl (C=O) groups is 1. The summed E-state index contributed by atoms with van der Waals surface area (Å²) in [6.45, 7) is 5.34. The molecule has 2 fully saturated rings. The Labute approximate surface area is 189 Å². The van der Waals surface area contributed by atoms with Gasteiger partial charge >= 0.3 is 0 Å². The van der Waals surface area contributed by atoms with Crippen LogP contribution in [0.1, 0.15) is 28.8 Å². The summed E-state index contributed by atoms with van der Waals surface area (Å²) in [5, 5.41) is 2.91. The molecule has 1 N–H and O–H groups in total. The van der Waals surface area contributed by atoms with Crippen LogP contribution in [0.4, 0.5) is 11.4 Å². The van der Waals surface area contributed by atoms with Crippen LogP contribution in [0, 0.1) is 6.92 Å². The van der Waals surface area contributed by atoms with E-state index in [2.05, 4.69) is 16.3 Å². The van der Waals surface area contributed by atoms with E-state index in [0.29, 0.717) is 37.7 Å². The Morgan fingerprint density at radius 3 is 2.41 bits per heavy atom. The second-order valence-electron chi connectivity index (χ2n) is 8.03. The number of rotatable bonds is 6. The van der Waals surface area contributed by atoms with Gasteiger partial charge in [-0.15, -0.1) is 0 Å². The molecule has 0 spiro atoms. The third-order valence-corrected chi connectivity index (χ3v) is 7.85. The van der Waals surface area contributed by atoms with Crippen molar-refractivity contribution in [3.05, 3.63) is 47.5 Å². The fraction of sp³-hybridized carbons (Fsp3) is 0.435. The molecular formula is C23H29N3O5S. The number of amides is 1. The van der Waals surface area contributed by atoms with Crippen molar-refractivity contribution in [2.45, 2.75) is 24.7 Å². The van der Waals surface area contributed by atoms with Gasteiger partial charge in [0.05, 0.1) is 30.8 Å². The molecule has 1 amide bonds. The highest BCUT2D eigenvalue weighted by atomic mass is 32.2. The van der Waals surface area contributed by atoms with E-state index < -0.39 is 15.9 Å². The van der Waals surface area contributed by atoms with Gasteiger partial charge in [-0.25, -0.2) is 8.42 Å². The molecule has 0 aromatic heterocycles. The quantitative estimate of drug-likeness (QED) is 0.715. The molecule has 8 nitrogen and oxygen atoms in total. The Balaban J connectivity index is 1.58. The number of benzene rings is 2.